The summed E-state index contributed by atoms with van der Waals surface area (Å²) < 4.78 is 34.6. The summed E-state index contributed by atoms with van der Waals surface area (Å²) in [6.07, 6.45) is 2.27. The van der Waals surface area contributed by atoms with Gasteiger partial charge in [0.1, 0.15) is 11.4 Å². The topological polar surface area (TPSA) is 84.5 Å². The number of hydrogen-bond acceptors (Lipinski definition) is 4. The molecule has 2 N–H and O–H groups in total. The average Bonchev–Trinajstić information content (AvgIpc) is 2.84. The minimum atomic E-state index is -3.83. The molecule has 0 radical (unpaired) electrons. The second-order valence-corrected chi connectivity index (χ2v) is 9.91. The maximum Gasteiger partial charge on any atom is 0.261 e. The van der Waals surface area contributed by atoms with Crippen LogP contribution in [0.25, 0.3) is 0 Å². The second kappa shape index (κ2) is 9.27. The van der Waals surface area contributed by atoms with Gasteiger partial charge in [-0.3, -0.25) is 9.52 Å². The summed E-state index contributed by atoms with van der Waals surface area (Å²) >= 11 is 0. The van der Waals surface area contributed by atoms with Crippen LogP contribution in [0, 0.1) is 0 Å². The van der Waals surface area contributed by atoms with Crippen LogP contribution in [-0.4, -0.2) is 19.9 Å². The van der Waals surface area contributed by atoms with Crippen molar-refractivity contribution < 1.29 is 17.9 Å². The highest BCUT2D eigenvalue weighted by Gasteiger charge is 2.39. The third-order valence-electron chi connectivity index (χ3n) is 6.26. The third kappa shape index (κ3) is 4.73. The van der Waals surface area contributed by atoms with Gasteiger partial charge in [-0.15, -0.1) is 0 Å². The minimum Gasteiger partial charge on any atom is -0.487 e. The van der Waals surface area contributed by atoms with Crippen LogP contribution in [0.5, 0.6) is 5.75 Å². The monoisotopic (exact) mass is 464 g/mol. The molecule has 0 fully saturated rings. The Hall–Kier alpha value is -3.32. The van der Waals surface area contributed by atoms with Gasteiger partial charge in [-0.2, -0.15) is 0 Å². The molecule has 1 aliphatic heterocycles. The van der Waals surface area contributed by atoms with Crippen molar-refractivity contribution in [3.05, 3.63) is 90.0 Å². The molecule has 0 saturated heterocycles. The van der Waals surface area contributed by atoms with E-state index < -0.39 is 10.0 Å². The Kier molecular flexibility index (Phi) is 6.42. The molecule has 172 valence electrons. The van der Waals surface area contributed by atoms with Gasteiger partial charge in [0, 0.05) is 12.0 Å². The fourth-order valence-corrected chi connectivity index (χ4v) is 5.34. The van der Waals surface area contributed by atoms with E-state index in [1.165, 1.54) is 12.1 Å². The van der Waals surface area contributed by atoms with Gasteiger partial charge in [-0.1, -0.05) is 62.4 Å². The molecule has 7 heteroatoms. The van der Waals surface area contributed by atoms with Crippen molar-refractivity contribution in [1.29, 1.82) is 0 Å². The largest absolute Gasteiger partial charge is 0.487 e. The van der Waals surface area contributed by atoms with E-state index >= 15 is 0 Å². The lowest BCUT2D eigenvalue weighted by Crippen LogP contribution is -2.44. The lowest BCUT2D eigenvalue weighted by Gasteiger charge is -2.41. The molecule has 1 atom stereocenters. The molecular weight excluding hydrogens is 436 g/mol. The molecule has 0 aromatic heterocycles. The number of sulfonamides is 1. The van der Waals surface area contributed by atoms with E-state index in [0.29, 0.717) is 6.42 Å². The number of benzene rings is 3. The van der Waals surface area contributed by atoms with E-state index in [1.54, 1.807) is 42.5 Å². The maximum absolute atomic E-state index is 13.4. The van der Waals surface area contributed by atoms with Crippen molar-refractivity contribution in [2.75, 3.05) is 4.72 Å². The van der Waals surface area contributed by atoms with Crippen LogP contribution in [0.3, 0.4) is 0 Å². The molecule has 0 bridgehead atoms. The van der Waals surface area contributed by atoms with Gasteiger partial charge in [-0.05, 0) is 43.2 Å². The fourth-order valence-electron chi connectivity index (χ4n) is 4.24. The van der Waals surface area contributed by atoms with Crippen LogP contribution in [0.1, 0.15) is 55.1 Å². The quantitative estimate of drug-likeness (QED) is 0.497. The summed E-state index contributed by atoms with van der Waals surface area (Å²) in [4.78, 5) is 13.5. The smallest absolute Gasteiger partial charge is 0.261 e. The van der Waals surface area contributed by atoms with Crippen LogP contribution in [0.2, 0.25) is 0 Å². The van der Waals surface area contributed by atoms with Crippen LogP contribution >= 0.6 is 0 Å². The van der Waals surface area contributed by atoms with Crippen molar-refractivity contribution in [1.82, 2.24) is 5.32 Å². The van der Waals surface area contributed by atoms with E-state index in [4.69, 9.17) is 4.74 Å². The Bertz CT molecular complexity index is 1240. The lowest BCUT2D eigenvalue weighted by molar-refractivity contribution is 0.0227. The molecule has 3 aromatic rings. The van der Waals surface area contributed by atoms with E-state index in [1.807, 2.05) is 24.3 Å². The number of nitrogens with one attached hydrogen (secondary N) is 2. The third-order valence-corrected chi connectivity index (χ3v) is 7.64. The van der Waals surface area contributed by atoms with E-state index in [0.717, 1.165) is 24.2 Å². The van der Waals surface area contributed by atoms with E-state index in [9.17, 15) is 13.2 Å². The Labute approximate surface area is 195 Å². The van der Waals surface area contributed by atoms with Gasteiger partial charge in [0.05, 0.1) is 22.2 Å². The first kappa shape index (κ1) is 22.9. The first-order valence-corrected chi connectivity index (χ1v) is 12.6. The molecule has 6 nitrogen and oxygen atoms in total. The Morgan fingerprint density at radius 3 is 2.30 bits per heavy atom. The molecule has 33 heavy (non-hydrogen) atoms. The van der Waals surface area contributed by atoms with Crippen molar-refractivity contribution in [2.45, 2.75) is 49.6 Å². The summed E-state index contributed by atoms with van der Waals surface area (Å²) in [6.45, 7) is 4.17. The molecule has 0 unspecified atom stereocenters. The zero-order valence-corrected chi connectivity index (χ0v) is 19.6. The number of carbonyl (C=O) groups excluding carboxylic acids is 1. The van der Waals surface area contributed by atoms with Crippen molar-refractivity contribution in [3.8, 4) is 5.75 Å². The molecular formula is C26H28N2O4S. The van der Waals surface area contributed by atoms with Gasteiger partial charge < -0.3 is 10.1 Å². The summed E-state index contributed by atoms with van der Waals surface area (Å²) in [7, 11) is -3.83. The van der Waals surface area contributed by atoms with E-state index in [-0.39, 0.29) is 33.7 Å². The molecule has 0 spiro atoms. The number of hydrogen-bond donors (Lipinski definition) is 2. The average molecular weight is 465 g/mol. The molecule has 0 saturated carbocycles. The van der Waals surface area contributed by atoms with Crippen LogP contribution < -0.4 is 14.8 Å². The minimum absolute atomic E-state index is 0.134. The zero-order chi connectivity index (χ0) is 23.5. The number of ether oxygens (including phenoxy) is 1. The zero-order valence-electron chi connectivity index (χ0n) is 18.7. The van der Waals surface area contributed by atoms with Gasteiger partial charge in [0.25, 0.3) is 15.9 Å². The number of rotatable bonds is 7. The first-order valence-electron chi connectivity index (χ1n) is 11.1. The summed E-state index contributed by atoms with van der Waals surface area (Å²) in [5.74, 6) is 0.431. The first-order chi connectivity index (χ1) is 15.9. The Balaban J connectivity index is 1.62. The number of fused-ring (bicyclic) bond motifs is 1. The summed E-state index contributed by atoms with van der Waals surface area (Å²) in [6, 6.07) is 22.2. The predicted molar refractivity (Wildman–Crippen MR) is 129 cm³/mol. The standard InChI is InChI=1S/C26H28N2O4S/c1-3-26(4-2)18-23(20-14-9-11-17-24(20)32-26)27-25(29)21-15-8-10-16-22(21)28-33(30,31)19-12-6-5-7-13-19/h5-17,23,28H,3-4,18H2,1-2H3,(H,27,29)/t23-/m1/s1. The number of anilines is 1. The number of carbonyl (C=O) groups is 1. The van der Waals surface area contributed by atoms with Crippen LogP contribution in [0.4, 0.5) is 5.69 Å². The highest BCUT2D eigenvalue weighted by Crippen LogP contribution is 2.42. The van der Waals surface area contributed by atoms with Gasteiger partial charge >= 0.3 is 0 Å². The van der Waals surface area contributed by atoms with Gasteiger partial charge in [0.15, 0.2) is 0 Å². The molecule has 1 aliphatic rings. The summed E-state index contributed by atoms with van der Waals surface area (Å²) in [5, 5.41) is 3.13. The number of amides is 1. The SMILES string of the molecule is CCC1(CC)C[C@@H](NC(=O)c2ccccc2NS(=O)(=O)c2ccccc2)c2ccccc2O1. The Morgan fingerprint density at radius 1 is 0.939 bits per heavy atom. The molecule has 3 aromatic carbocycles. The van der Waals surface area contributed by atoms with Crippen molar-refractivity contribution in [2.24, 2.45) is 0 Å². The fraction of sp³-hybridized carbons (Fsp3) is 0.269. The van der Waals surface area contributed by atoms with Crippen LogP contribution in [0.15, 0.2) is 83.8 Å². The predicted octanol–water partition coefficient (Wildman–Crippen LogP) is 5.30. The van der Waals surface area contributed by atoms with Crippen molar-refractivity contribution in [3.63, 3.8) is 0 Å². The maximum atomic E-state index is 13.4. The number of para-hydroxylation sites is 2. The van der Waals surface area contributed by atoms with E-state index in [2.05, 4.69) is 23.9 Å². The van der Waals surface area contributed by atoms with Gasteiger partial charge in [-0.25, -0.2) is 8.42 Å². The lowest BCUT2D eigenvalue weighted by atomic mass is 9.83. The molecule has 0 aliphatic carbocycles. The summed E-state index contributed by atoms with van der Waals surface area (Å²) in [5.41, 5.74) is 1.06. The highest BCUT2D eigenvalue weighted by atomic mass is 32.2. The van der Waals surface area contributed by atoms with Crippen molar-refractivity contribution >= 4 is 21.6 Å². The second-order valence-electron chi connectivity index (χ2n) is 8.22. The van der Waals surface area contributed by atoms with Gasteiger partial charge in [0.2, 0.25) is 0 Å². The molecule has 1 heterocycles. The Morgan fingerprint density at radius 2 is 1.58 bits per heavy atom. The molecule has 4 rings (SSSR count). The molecule has 1 amide bonds. The highest BCUT2D eigenvalue weighted by molar-refractivity contribution is 7.92. The van der Waals surface area contributed by atoms with Crippen LogP contribution in [-0.2, 0) is 10.0 Å². The normalized spacial score (nSPS) is 16.8.